The van der Waals surface area contributed by atoms with Crippen LogP contribution in [0.5, 0.6) is 0 Å². The maximum absolute atomic E-state index is 14.1. The van der Waals surface area contributed by atoms with Gasteiger partial charge in [-0.15, -0.1) is 24.0 Å². The summed E-state index contributed by atoms with van der Waals surface area (Å²) in [4.78, 5) is 11.2. The van der Waals surface area contributed by atoms with Crippen LogP contribution in [0.2, 0.25) is 0 Å². The molecule has 0 radical (unpaired) electrons. The van der Waals surface area contributed by atoms with E-state index in [1.807, 2.05) is 23.7 Å². The van der Waals surface area contributed by atoms with Crippen LogP contribution in [0.4, 0.5) is 14.5 Å². The molecule has 3 heterocycles. The molecule has 1 atom stereocenters. The van der Waals surface area contributed by atoms with Crippen LogP contribution >= 0.6 is 35.7 Å². The van der Waals surface area contributed by atoms with Gasteiger partial charge in [-0.1, -0.05) is 0 Å². The number of guanidine groups is 1. The molecule has 0 spiro atoms. The first-order valence-electron chi connectivity index (χ1n) is 10.7. The standard InChI is InChI=1S/C21H31F2N5OS.HI/c1-24-20(25-15-21(4-13-30-16-21)28-9-11-29-12-10-28)27-7-5-26(6-8-27)19-14-17(22)2-3-18(19)23;/h2-3,14H,4-13,15-16H2,1H3,(H,24,25);1H. The van der Waals surface area contributed by atoms with Gasteiger partial charge in [0.2, 0.25) is 0 Å². The van der Waals surface area contributed by atoms with Crippen LogP contribution in [0.3, 0.4) is 0 Å². The quantitative estimate of drug-likeness (QED) is 0.343. The van der Waals surface area contributed by atoms with Gasteiger partial charge in [-0.2, -0.15) is 11.8 Å². The van der Waals surface area contributed by atoms with Crippen molar-refractivity contribution in [1.82, 2.24) is 15.1 Å². The Morgan fingerprint density at radius 1 is 1.16 bits per heavy atom. The largest absolute Gasteiger partial charge is 0.379 e. The summed E-state index contributed by atoms with van der Waals surface area (Å²) in [6.07, 6.45) is 1.17. The molecule has 1 aromatic carbocycles. The molecule has 4 rings (SSSR count). The van der Waals surface area contributed by atoms with Crippen molar-refractivity contribution in [2.75, 3.05) is 82.5 Å². The molecule has 174 valence electrons. The van der Waals surface area contributed by atoms with E-state index in [1.54, 1.807) is 0 Å². The first-order chi connectivity index (χ1) is 14.6. The van der Waals surface area contributed by atoms with E-state index < -0.39 is 5.82 Å². The number of nitrogens with one attached hydrogen (secondary N) is 1. The van der Waals surface area contributed by atoms with E-state index in [0.717, 1.165) is 63.7 Å². The number of benzene rings is 1. The van der Waals surface area contributed by atoms with E-state index in [4.69, 9.17) is 4.74 Å². The van der Waals surface area contributed by atoms with Gasteiger partial charge in [0.25, 0.3) is 0 Å². The number of piperazine rings is 1. The molecule has 3 saturated heterocycles. The van der Waals surface area contributed by atoms with E-state index >= 15 is 0 Å². The second-order valence-corrected chi connectivity index (χ2v) is 9.20. The first-order valence-corrected chi connectivity index (χ1v) is 11.8. The number of nitrogens with zero attached hydrogens (tertiary/aromatic N) is 4. The maximum atomic E-state index is 14.1. The van der Waals surface area contributed by atoms with Gasteiger partial charge in [-0.25, -0.2) is 8.78 Å². The minimum Gasteiger partial charge on any atom is -0.379 e. The monoisotopic (exact) mass is 567 g/mol. The second kappa shape index (κ2) is 11.3. The van der Waals surface area contributed by atoms with E-state index in [-0.39, 0.29) is 35.3 Å². The van der Waals surface area contributed by atoms with Gasteiger partial charge in [-0.05, 0) is 24.3 Å². The molecule has 31 heavy (non-hydrogen) atoms. The van der Waals surface area contributed by atoms with Crippen molar-refractivity contribution in [3.8, 4) is 0 Å². The van der Waals surface area contributed by atoms with Gasteiger partial charge in [-0.3, -0.25) is 9.89 Å². The summed E-state index contributed by atoms with van der Waals surface area (Å²) >= 11 is 2.02. The van der Waals surface area contributed by atoms with Gasteiger partial charge in [0.15, 0.2) is 5.96 Å². The zero-order valence-electron chi connectivity index (χ0n) is 18.0. The van der Waals surface area contributed by atoms with Crippen LogP contribution in [0, 0.1) is 11.6 Å². The summed E-state index contributed by atoms with van der Waals surface area (Å²) in [7, 11) is 1.81. The normalized spacial score (nSPS) is 25.5. The van der Waals surface area contributed by atoms with Crippen LogP contribution in [-0.2, 0) is 4.74 Å². The number of ether oxygens (including phenoxy) is 1. The number of morpholine rings is 1. The fourth-order valence-corrected chi connectivity index (χ4v) is 6.08. The fourth-order valence-electron chi connectivity index (χ4n) is 4.60. The Labute approximate surface area is 204 Å². The lowest BCUT2D eigenvalue weighted by Gasteiger charge is -2.44. The predicted molar refractivity (Wildman–Crippen MR) is 134 cm³/mol. The number of hydrogen-bond donors (Lipinski definition) is 1. The Morgan fingerprint density at radius 3 is 2.55 bits per heavy atom. The summed E-state index contributed by atoms with van der Waals surface area (Å²) in [6, 6.07) is 3.64. The summed E-state index contributed by atoms with van der Waals surface area (Å²) in [6.45, 7) is 7.14. The number of hydrogen-bond acceptors (Lipinski definition) is 5. The van der Waals surface area contributed by atoms with Crippen molar-refractivity contribution >= 4 is 47.4 Å². The van der Waals surface area contributed by atoms with Crippen LogP contribution in [-0.4, -0.2) is 98.9 Å². The molecular formula is C21H32F2IN5OS. The zero-order chi connectivity index (χ0) is 21.0. The Morgan fingerprint density at radius 2 is 1.90 bits per heavy atom. The first kappa shape index (κ1) is 24.8. The molecule has 0 aromatic heterocycles. The van der Waals surface area contributed by atoms with E-state index in [2.05, 4.69) is 20.1 Å². The van der Waals surface area contributed by atoms with E-state index in [9.17, 15) is 8.78 Å². The molecule has 1 aromatic rings. The average molecular weight is 567 g/mol. The fraction of sp³-hybridized carbons (Fsp3) is 0.667. The SMILES string of the molecule is CN=C(NCC1(N2CCOCC2)CCSC1)N1CCN(c2cc(F)ccc2F)CC1.I. The Balaban J connectivity index is 0.00000272. The highest BCUT2D eigenvalue weighted by Gasteiger charge is 2.41. The molecule has 3 aliphatic heterocycles. The highest BCUT2D eigenvalue weighted by atomic mass is 127. The molecule has 1 unspecified atom stereocenters. The molecule has 0 saturated carbocycles. The summed E-state index contributed by atoms with van der Waals surface area (Å²) in [5.41, 5.74) is 0.489. The average Bonchev–Trinajstić information content (AvgIpc) is 3.27. The minimum absolute atomic E-state index is 0. The highest BCUT2D eigenvalue weighted by Crippen LogP contribution is 2.33. The molecule has 6 nitrogen and oxygen atoms in total. The molecule has 1 N–H and O–H groups in total. The summed E-state index contributed by atoms with van der Waals surface area (Å²) < 4.78 is 33.2. The maximum Gasteiger partial charge on any atom is 0.193 e. The van der Waals surface area contributed by atoms with Crippen molar-refractivity contribution in [2.45, 2.75) is 12.0 Å². The van der Waals surface area contributed by atoms with Crippen molar-refractivity contribution < 1.29 is 13.5 Å². The van der Waals surface area contributed by atoms with Crippen molar-refractivity contribution in [3.05, 3.63) is 29.8 Å². The number of rotatable bonds is 4. The zero-order valence-corrected chi connectivity index (χ0v) is 21.1. The van der Waals surface area contributed by atoms with Gasteiger partial charge in [0.05, 0.1) is 18.9 Å². The van der Waals surface area contributed by atoms with Crippen LogP contribution in [0.25, 0.3) is 0 Å². The smallest absolute Gasteiger partial charge is 0.193 e. The topological polar surface area (TPSA) is 43.3 Å². The molecule has 0 amide bonds. The van der Waals surface area contributed by atoms with E-state index in [0.29, 0.717) is 18.8 Å². The molecule has 10 heteroatoms. The third-order valence-corrected chi connectivity index (χ3v) is 7.61. The van der Waals surface area contributed by atoms with Gasteiger partial charge >= 0.3 is 0 Å². The summed E-state index contributed by atoms with van der Waals surface area (Å²) in [5.74, 6) is 2.42. The molecule has 3 aliphatic rings. The Hall–Kier alpha value is -0.850. The van der Waals surface area contributed by atoms with E-state index in [1.165, 1.54) is 24.3 Å². The number of aliphatic imine (C=N–C) groups is 1. The van der Waals surface area contributed by atoms with Gasteiger partial charge < -0.3 is 19.9 Å². The highest BCUT2D eigenvalue weighted by molar-refractivity contribution is 14.0. The second-order valence-electron chi connectivity index (χ2n) is 8.10. The molecule has 3 fully saturated rings. The van der Waals surface area contributed by atoms with Crippen molar-refractivity contribution in [3.63, 3.8) is 0 Å². The third kappa shape index (κ3) is 5.75. The predicted octanol–water partition coefficient (Wildman–Crippen LogP) is 2.49. The van der Waals surface area contributed by atoms with Crippen molar-refractivity contribution in [2.24, 2.45) is 4.99 Å². The van der Waals surface area contributed by atoms with Crippen LogP contribution in [0.15, 0.2) is 23.2 Å². The Kier molecular flexibility index (Phi) is 9.06. The van der Waals surface area contributed by atoms with Crippen LogP contribution in [0.1, 0.15) is 6.42 Å². The molecule has 0 bridgehead atoms. The lowest BCUT2D eigenvalue weighted by atomic mass is 9.95. The van der Waals surface area contributed by atoms with Gasteiger partial charge in [0, 0.05) is 70.2 Å². The lowest BCUT2D eigenvalue weighted by molar-refractivity contribution is -0.0121. The minimum atomic E-state index is -0.408. The lowest BCUT2D eigenvalue weighted by Crippen LogP contribution is -2.61. The van der Waals surface area contributed by atoms with Crippen molar-refractivity contribution in [1.29, 1.82) is 0 Å². The van der Waals surface area contributed by atoms with Crippen LogP contribution < -0.4 is 10.2 Å². The molecule has 0 aliphatic carbocycles. The van der Waals surface area contributed by atoms with Gasteiger partial charge in [0.1, 0.15) is 11.6 Å². The number of anilines is 1. The summed E-state index contributed by atoms with van der Waals surface area (Å²) in [5, 5.41) is 3.62. The number of thioether (sulfide) groups is 1. The molecular weight excluding hydrogens is 535 g/mol. The Bertz CT molecular complexity index is 751. The third-order valence-electron chi connectivity index (χ3n) is 6.38. The number of halogens is 3.